The first-order valence-electron chi connectivity index (χ1n) is 4.23. The number of benzene rings is 1. The molecular formula is C10H12ClNO2. The molecule has 0 aliphatic carbocycles. The Labute approximate surface area is 87.8 Å². The summed E-state index contributed by atoms with van der Waals surface area (Å²) in [5.41, 5.74) is 6.41. The Morgan fingerprint density at radius 1 is 1.43 bits per heavy atom. The first-order chi connectivity index (χ1) is 6.61. The quantitative estimate of drug-likeness (QED) is 0.473. The standard InChI is InChI=1S/C10H12ClNO2/c1-7(13)14-10(12)9(11)8-5-3-2-4-6-8/h2-6,9-10H,12H2,1H3. The van der Waals surface area contributed by atoms with E-state index in [2.05, 4.69) is 0 Å². The number of halogens is 1. The summed E-state index contributed by atoms with van der Waals surface area (Å²) in [7, 11) is 0. The second-order valence-corrected chi connectivity index (χ2v) is 3.36. The Balaban J connectivity index is 2.65. The van der Waals surface area contributed by atoms with Gasteiger partial charge >= 0.3 is 5.97 Å². The summed E-state index contributed by atoms with van der Waals surface area (Å²) in [5.74, 6) is -0.431. The predicted octanol–water partition coefficient (Wildman–Crippen LogP) is 1.81. The van der Waals surface area contributed by atoms with Crippen molar-refractivity contribution in [1.29, 1.82) is 0 Å². The van der Waals surface area contributed by atoms with Crippen molar-refractivity contribution >= 4 is 17.6 Å². The summed E-state index contributed by atoms with van der Waals surface area (Å²) in [5, 5.41) is -0.514. The summed E-state index contributed by atoms with van der Waals surface area (Å²) in [6.07, 6.45) is -0.809. The van der Waals surface area contributed by atoms with E-state index in [1.807, 2.05) is 30.3 Å². The maximum atomic E-state index is 10.6. The van der Waals surface area contributed by atoms with Crippen LogP contribution < -0.4 is 5.73 Å². The Hall–Kier alpha value is -1.06. The molecule has 0 aromatic heterocycles. The maximum Gasteiger partial charge on any atom is 0.304 e. The van der Waals surface area contributed by atoms with E-state index in [-0.39, 0.29) is 0 Å². The van der Waals surface area contributed by atoms with Crippen LogP contribution in [0.15, 0.2) is 30.3 Å². The van der Waals surface area contributed by atoms with Crippen molar-refractivity contribution in [2.75, 3.05) is 0 Å². The SMILES string of the molecule is CC(=O)OC(N)C(Cl)c1ccccc1. The van der Waals surface area contributed by atoms with Crippen LogP contribution >= 0.6 is 11.6 Å². The van der Waals surface area contributed by atoms with Gasteiger partial charge in [-0.2, -0.15) is 0 Å². The van der Waals surface area contributed by atoms with Crippen LogP contribution in [-0.4, -0.2) is 12.2 Å². The number of carbonyl (C=O) groups excluding carboxylic acids is 1. The van der Waals surface area contributed by atoms with Crippen LogP contribution in [0.1, 0.15) is 17.9 Å². The van der Waals surface area contributed by atoms with Crippen molar-refractivity contribution in [1.82, 2.24) is 0 Å². The van der Waals surface area contributed by atoms with Gasteiger partial charge in [-0.05, 0) is 5.56 Å². The van der Waals surface area contributed by atoms with Crippen molar-refractivity contribution in [2.45, 2.75) is 18.5 Å². The molecule has 1 aromatic carbocycles. The molecule has 2 unspecified atom stereocenters. The van der Waals surface area contributed by atoms with E-state index in [1.165, 1.54) is 6.92 Å². The van der Waals surface area contributed by atoms with Gasteiger partial charge in [-0.1, -0.05) is 30.3 Å². The fourth-order valence-corrected chi connectivity index (χ4v) is 1.27. The van der Waals surface area contributed by atoms with Crippen LogP contribution in [0.3, 0.4) is 0 Å². The number of ether oxygens (including phenoxy) is 1. The maximum absolute atomic E-state index is 10.6. The predicted molar refractivity (Wildman–Crippen MR) is 54.8 cm³/mol. The lowest BCUT2D eigenvalue weighted by molar-refractivity contribution is -0.146. The zero-order valence-corrected chi connectivity index (χ0v) is 8.57. The van der Waals surface area contributed by atoms with Gasteiger partial charge in [0.2, 0.25) is 0 Å². The fraction of sp³-hybridized carbons (Fsp3) is 0.300. The lowest BCUT2D eigenvalue weighted by Crippen LogP contribution is -2.30. The third kappa shape index (κ3) is 3.01. The van der Waals surface area contributed by atoms with E-state index in [9.17, 15) is 4.79 Å². The van der Waals surface area contributed by atoms with Gasteiger partial charge in [-0.15, -0.1) is 11.6 Å². The molecule has 0 amide bonds. The molecule has 0 aliphatic heterocycles. The van der Waals surface area contributed by atoms with Crippen LogP contribution in [0.2, 0.25) is 0 Å². The smallest absolute Gasteiger partial charge is 0.304 e. The van der Waals surface area contributed by atoms with Crippen LogP contribution in [0.25, 0.3) is 0 Å². The van der Waals surface area contributed by atoms with Crippen molar-refractivity contribution in [3.05, 3.63) is 35.9 Å². The van der Waals surface area contributed by atoms with Crippen molar-refractivity contribution < 1.29 is 9.53 Å². The highest BCUT2D eigenvalue weighted by molar-refractivity contribution is 6.21. The molecule has 1 aromatic rings. The molecule has 0 saturated carbocycles. The van der Waals surface area contributed by atoms with Gasteiger partial charge in [0.15, 0.2) is 6.23 Å². The molecule has 3 nitrogen and oxygen atoms in total. The van der Waals surface area contributed by atoms with E-state index in [0.29, 0.717) is 0 Å². The highest BCUT2D eigenvalue weighted by atomic mass is 35.5. The van der Waals surface area contributed by atoms with E-state index in [4.69, 9.17) is 22.1 Å². The van der Waals surface area contributed by atoms with Crippen molar-refractivity contribution in [2.24, 2.45) is 5.73 Å². The van der Waals surface area contributed by atoms with Crippen LogP contribution in [0.4, 0.5) is 0 Å². The first kappa shape index (κ1) is 11.0. The topological polar surface area (TPSA) is 52.3 Å². The third-order valence-corrected chi connectivity index (χ3v) is 2.21. The van der Waals surface area contributed by atoms with Crippen molar-refractivity contribution in [3.8, 4) is 0 Å². The number of esters is 1. The number of alkyl halides is 1. The zero-order chi connectivity index (χ0) is 10.6. The minimum absolute atomic E-state index is 0.431. The number of hydrogen-bond donors (Lipinski definition) is 1. The Bertz CT molecular complexity index is 302. The number of nitrogens with two attached hydrogens (primary N) is 1. The average molecular weight is 214 g/mol. The van der Waals surface area contributed by atoms with Crippen LogP contribution in [0.5, 0.6) is 0 Å². The molecule has 2 N–H and O–H groups in total. The second-order valence-electron chi connectivity index (χ2n) is 2.89. The highest BCUT2D eigenvalue weighted by Gasteiger charge is 2.19. The molecule has 14 heavy (non-hydrogen) atoms. The molecule has 0 fully saturated rings. The lowest BCUT2D eigenvalue weighted by Gasteiger charge is -2.17. The molecule has 0 spiro atoms. The van der Waals surface area contributed by atoms with Crippen LogP contribution in [0, 0.1) is 0 Å². The van der Waals surface area contributed by atoms with E-state index >= 15 is 0 Å². The van der Waals surface area contributed by atoms with E-state index in [1.54, 1.807) is 0 Å². The molecule has 0 saturated heterocycles. The summed E-state index contributed by atoms with van der Waals surface area (Å²) in [6, 6.07) is 9.25. The molecular weight excluding hydrogens is 202 g/mol. The number of rotatable bonds is 3. The second kappa shape index (κ2) is 4.98. The molecule has 1 rings (SSSR count). The summed E-state index contributed by atoms with van der Waals surface area (Å²) >= 11 is 6.00. The zero-order valence-electron chi connectivity index (χ0n) is 7.81. The van der Waals surface area contributed by atoms with Gasteiger partial charge in [0.05, 0.1) is 0 Å². The van der Waals surface area contributed by atoms with Gasteiger partial charge in [0.25, 0.3) is 0 Å². The van der Waals surface area contributed by atoms with Gasteiger partial charge in [-0.3, -0.25) is 10.5 Å². The monoisotopic (exact) mass is 213 g/mol. The van der Waals surface area contributed by atoms with E-state index in [0.717, 1.165) is 5.56 Å². The van der Waals surface area contributed by atoms with E-state index < -0.39 is 17.6 Å². The minimum atomic E-state index is -0.809. The number of hydrogen-bond acceptors (Lipinski definition) is 3. The van der Waals surface area contributed by atoms with Gasteiger partial charge in [0.1, 0.15) is 5.38 Å². The number of carbonyl (C=O) groups is 1. The summed E-state index contributed by atoms with van der Waals surface area (Å²) < 4.78 is 4.77. The van der Waals surface area contributed by atoms with Gasteiger partial charge < -0.3 is 4.74 Å². The average Bonchev–Trinajstić information content (AvgIpc) is 2.17. The van der Waals surface area contributed by atoms with Gasteiger partial charge in [-0.25, -0.2) is 0 Å². The van der Waals surface area contributed by atoms with Crippen molar-refractivity contribution in [3.63, 3.8) is 0 Å². The normalized spacial score (nSPS) is 14.5. The Morgan fingerprint density at radius 2 is 2.00 bits per heavy atom. The summed E-state index contributed by atoms with van der Waals surface area (Å²) in [4.78, 5) is 10.6. The minimum Gasteiger partial charge on any atom is -0.445 e. The molecule has 0 heterocycles. The molecule has 0 aliphatic rings. The fourth-order valence-electron chi connectivity index (χ4n) is 1.08. The third-order valence-electron chi connectivity index (χ3n) is 1.71. The first-order valence-corrected chi connectivity index (χ1v) is 4.66. The molecule has 0 bridgehead atoms. The van der Waals surface area contributed by atoms with Gasteiger partial charge in [0, 0.05) is 6.92 Å². The largest absolute Gasteiger partial charge is 0.445 e. The molecule has 76 valence electrons. The molecule has 0 radical (unpaired) electrons. The lowest BCUT2D eigenvalue weighted by atomic mass is 10.1. The Kier molecular flexibility index (Phi) is 3.92. The highest BCUT2D eigenvalue weighted by Crippen LogP contribution is 2.23. The molecule has 4 heteroatoms. The molecule has 2 atom stereocenters. The van der Waals surface area contributed by atoms with Crippen LogP contribution in [-0.2, 0) is 9.53 Å². The Morgan fingerprint density at radius 3 is 2.50 bits per heavy atom. The summed E-state index contributed by atoms with van der Waals surface area (Å²) in [6.45, 7) is 1.30.